The van der Waals surface area contributed by atoms with Gasteiger partial charge < -0.3 is 19.8 Å². The van der Waals surface area contributed by atoms with Crippen molar-refractivity contribution in [2.75, 3.05) is 11.9 Å². The highest BCUT2D eigenvalue weighted by Crippen LogP contribution is 2.34. The van der Waals surface area contributed by atoms with E-state index in [0.29, 0.717) is 22.8 Å². The summed E-state index contributed by atoms with van der Waals surface area (Å²) in [5, 5.41) is 4.35. The van der Waals surface area contributed by atoms with Crippen molar-refractivity contribution in [3.8, 4) is 5.75 Å². The van der Waals surface area contributed by atoms with E-state index in [9.17, 15) is 18.0 Å². The first kappa shape index (κ1) is 19.0. The smallest absolute Gasteiger partial charge is 0.262 e. The number of anilines is 1. The second-order valence-corrected chi connectivity index (χ2v) is 8.70. The Morgan fingerprint density at radius 2 is 2.15 bits per heavy atom. The first-order chi connectivity index (χ1) is 12.8. The number of aryl methyl sites for hydroxylation is 1. The zero-order valence-corrected chi connectivity index (χ0v) is 15.8. The molecule has 0 saturated carbocycles. The summed E-state index contributed by atoms with van der Waals surface area (Å²) in [4.78, 5) is 23.6. The molecular weight excluding hydrogens is 372 g/mol. The quantitative estimate of drug-likeness (QED) is 0.775. The van der Waals surface area contributed by atoms with Crippen LogP contribution in [0.2, 0.25) is 0 Å². The molecule has 1 atom stereocenters. The van der Waals surface area contributed by atoms with E-state index in [4.69, 9.17) is 9.15 Å². The lowest BCUT2D eigenvalue weighted by atomic mass is 10.2. The van der Waals surface area contributed by atoms with Gasteiger partial charge in [-0.25, -0.2) is 8.42 Å². The van der Waals surface area contributed by atoms with Crippen LogP contribution < -0.4 is 15.4 Å². The third kappa shape index (κ3) is 4.13. The van der Waals surface area contributed by atoms with Gasteiger partial charge in [0.1, 0.15) is 11.5 Å². The number of hydrogen-bond donors (Lipinski definition) is 2. The van der Waals surface area contributed by atoms with Crippen LogP contribution >= 0.6 is 0 Å². The standard InChI is InChI=1S/C18H20N2O6S/c1-11-6-14-15(26-10-18(22)20-14)8-16(11)27(23,24)12(2)7-17(21)19-9-13-4-3-5-25-13/h3-6,8,12H,7,9-10H2,1-2H3,(H,19,21)(H,20,22)/t12-/m1/s1. The van der Waals surface area contributed by atoms with E-state index in [1.54, 1.807) is 25.1 Å². The summed E-state index contributed by atoms with van der Waals surface area (Å²) in [6.07, 6.45) is 1.31. The van der Waals surface area contributed by atoms with Crippen LogP contribution in [0.1, 0.15) is 24.7 Å². The van der Waals surface area contributed by atoms with Gasteiger partial charge in [-0.2, -0.15) is 0 Å². The number of rotatable bonds is 6. The second-order valence-electron chi connectivity index (χ2n) is 6.37. The minimum absolute atomic E-state index is 0.0868. The Bertz CT molecular complexity index is 966. The molecule has 2 N–H and O–H groups in total. The molecule has 2 amide bonds. The van der Waals surface area contributed by atoms with Crippen LogP contribution in [0.15, 0.2) is 39.8 Å². The van der Waals surface area contributed by atoms with Crippen molar-refractivity contribution < 1.29 is 27.2 Å². The molecule has 1 aliphatic rings. The molecule has 2 aromatic rings. The maximum absolute atomic E-state index is 12.9. The van der Waals surface area contributed by atoms with Gasteiger partial charge in [-0.15, -0.1) is 0 Å². The summed E-state index contributed by atoms with van der Waals surface area (Å²) < 4.78 is 36.3. The van der Waals surface area contributed by atoms with Gasteiger partial charge in [0.2, 0.25) is 5.91 Å². The predicted molar refractivity (Wildman–Crippen MR) is 97.1 cm³/mol. The van der Waals surface area contributed by atoms with Crippen molar-refractivity contribution in [3.63, 3.8) is 0 Å². The topological polar surface area (TPSA) is 115 Å². The van der Waals surface area contributed by atoms with Crippen molar-refractivity contribution in [2.24, 2.45) is 0 Å². The highest BCUT2D eigenvalue weighted by molar-refractivity contribution is 7.92. The Labute approximate surface area is 156 Å². The largest absolute Gasteiger partial charge is 0.482 e. The van der Waals surface area contributed by atoms with Gasteiger partial charge in [0, 0.05) is 12.5 Å². The van der Waals surface area contributed by atoms with Crippen LogP contribution in [-0.2, 0) is 26.0 Å². The molecule has 0 bridgehead atoms. The molecule has 8 nitrogen and oxygen atoms in total. The maximum Gasteiger partial charge on any atom is 0.262 e. The lowest BCUT2D eigenvalue weighted by molar-refractivity contribution is -0.121. The van der Waals surface area contributed by atoms with E-state index in [1.807, 2.05) is 0 Å². The number of carbonyl (C=O) groups excluding carboxylic acids is 2. The summed E-state index contributed by atoms with van der Waals surface area (Å²) in [5.41, 5.74) is 0.911. The van der Waals surface area contributed by atoms with Crippen LogP contribution in [0.3, 0.4) is 0 Å². The summed E-state index contributed by atoms with van der Waals surface area (Å²) in [6, 6.07) is 6.38. The lowest BCUT2D eigenvalue weighted by Crippen LogP contribution is -2.30. The molecule has 144 valence electrons. The highest BCUT2D eigenvalue weighted by atomic mass is 32.2. The zero-order chi connectivity index (χ0) is 19.6. The van der Waals surface area contributed by atoms with E-state index in [0.717, 1.165) is 0 Å². The molecule has 0 unspecified atom stereocenters. The minimum Gasteiger partial charge on any atom is -0.482 e. The number of amides is 2. The molecule has 1 aromatic carbocycles. The second kappa shape index (κ2) is 7.43. The van der Waals surface area contributed by atoms with E-state index in [1.165, 1.54) is 19.3 Å². The summed E-state index contributed by atoms with van der Waals surface area (Å²) in [7, 11) is -3.76. The Balaban J connectivity index is 1.73. The summed E-state index contributed by atoms with van der Waals surface area (Å²) in [5.74, 6) is 0.206. The molecule has 2 heterocycles. The number of benzene rings is 1. The molecule has 3 rings (SSSR count). The molecule has 0 saturated heterocycles. The number of carbonyl (C=O) groups is 2. The fourth-order valence-electron chi connectivity index (χ4n) is 2.78. The van der Waals surface area contributed by atoms with Gasteiger partial charge in [-0.1, -0.05) is 0 Å². The number of ether oxygens (including phenoxy) is 1. The Morgan fingerprint density at radius 3 is 2.85 bits per heavy atom. The van der Waals surface area contributed by atoms with Gasteiger partial charge in [0.15, 0.2) is 16.4 Å². The van der Waals surface area contributed by atoms with Crippen molar-refractivity contribution in [3.05, 3.63) is 41.9 Å². The van der Waals surface area contributed by atoms with E-state index in [2.05, 4.69) is 10.6 Å². The third-order valence-electron chi connectivity index (χ3n) is 4.26. The normalized spacial score (nSPS) is 14.7. The number of nitrogens with one attached hydrogen (secondary N) is 2. The average Bonchev–Trinajstić information content (AvgIpc) is 3.12. The van der Waals surface area contributed by atoms with Crippen molar-refractivity contribution in [1.82, 2.24) is 5.32 Å². The molecule has 0 radical (unpaired) electrons. The van der Waals surface area contributed by atoms with Crippen LogP contribution in [0.25, 0.3) is 0 Å². The number of furan rings is 1. The van der Waals surface area contributed by atoms with Crippen molar-refractivity contribution in [1.29, 1.82) is 0 Å². The Morgan fingerprint density at radius 1 is 1.37 bits per heavy atom. The van der Waals surface area contributed by atoms with Gasteiger partial charge >= 0.3 is 0 Å². The van der Waals surface area contributed by atoms with E-state index in [-0.39, 0.29) is 36.3 Å². The molecule has 0 spiro atoms. The van der Waals surface area contributed by atoms with Crippen molar-refractivity contribution >= 4 is 27.3 Å². The van der Waals surface area contributed by atoms with Gasteiger partial charge in [0.25, 0.3) is 5.91 Å². The lowest BCUT2D eigenvalue weighted by Gasteiger charge is -2.21. The summed E-state index contributed by atoms with van der Waals surface area (Å²) >= 11 is 0. The first-order valence-electron chi connectivity index (χ1n) is 8.37. The Kier molecular flexibility index (Phi) is 5.22. The Hall–Kier alpha value is -2.81. The molecular formula is C18H20N2O6S. The van der Waals surface area contributed by atoms with E-state index >= 15 is 0 Å². The SMILES string of the molecule is Cc1cc2c(cc1S(=O)(=O)[C@H](C)CC(=O)NCc1ccco1)OCC(=O)N2. The van der Waals surface area contributed by atoms with Crippen molar-refractivity contribution in [2.45, 2.75) is 37.0 Å². The zero-order valence-electron chi connectivity index (χ0n) is 14.9. The van der Waals surface area contributed by atoms with Crippen LogP contribution in [-0.4, -0.2) is 32.1 Å². The van der Waals surface area contributed by atoms with Crippen LogP contribution in [0, 0.1) is 6.92 Å². The highest BCUT2D eigenvalue weighted by Gasteiger charge is 2.29. The fourth-order valence-corrected chi connectivity index (χ4v) is 4.36. The average molecular weight is 392 g/mol. The summed E-state index contributed by atoms with van der Waals surface area (Å²) in [6.45, 7) is 3.16. The molecule has 27 heavy (non-hydrogen) atoms. The maximum atomic E-state index is 12.9. The van der Waals surface area contributed by atoms with Gasteiger partial charge in [0.05, 0.1) is 28.6 Å². The van der Waals surface area contributed by atoms with Gasteiger partial charge in [-0.3, -0.25) is 9.59 Å². The van der Waals surface area contributed by atoms with Gasteiger partial charge in [-0.05, 0) is 37.6 Å². The molecule has 0 aliphatic carbocycles. The van der Waals surface area contributed by atoms with Crippen LogP contribution in [0.5, 0.6) is 5.75 Å². The molecule has 9 heteroatoms. The third-order valence-corrected chi connectivity index (χ3v) is 6.54. The molecule has 0 fully saturated rings. The number of hydrogen-bond acceptors (Lipinski definition) is 6. The minimum atomic E-state index is -3.76. The molecule has 1 aliphatic heterocycles. The predicted octanol–water partition coefficient (Wildman–Crippen LogP) is 1.79. The number of fused-ring (bicyclic) bond motifs is 1. The first-order valence-corrected chi connectivity index (χ1v) is 9.92. The van der Waals surface area contributed by atoms with E-state index < -0.39 is 15.1 Å². The van der Waals surface area contributed by atoms with Crippen LogP contribution in [0.4, 0.5) is 5.69 Å². The monoisotopic (exact) mass is 392 g/mol. The number of sulfone groups is 1. The fraction of sp³-hybridized carbons (Fsp3) is 0.333. The molecule has 1 aromatic heterocycles.